The van der Waals surface area contributed by atoms with E-state index in [1.165, 1.54) is 5.56 Å². The number of carbonyl (C=O) groups is 1. The normalized spacial score (nSPS) is 14.0. The zero-order valence-electron chi connectivity index (χ0n) is 20.0. The van der Waals surface area contributed by atoms with E-state index in [1.54, 1.807) is 13.3 Å². The van der Waals surface area contributed by atoms with Crippen molar-refractivity contribution in [1.82, 2.24) is 14.7 Å². The molecule has 178 valence electrons. The highest BCUT2D eigenvalue weighted by molar-refractivity contribution is 6.01. The standard InChI is InChI=1S/C29H30N4O2/c1-35-26-14-12-25(13-15-26)31-17-5-18-32(21-20-31)29(34)28-7-3-2-6-27(28)24-10-8-23(9-11-24)22-33-19-4-16-30-33/h2-4,6-16,19H,5,17-18,20-22H2,1H3. The SMILES string of the molecule is COc1ccc(N2CCCN(C(=O)c3ccccc3-c3ccc(Cn4cccn4)cc3)CC2)cc1. The molecule has 0 spiro atoms. The second-order valence-corrected chi connectivity index (χ2v) is 8.78. The molecule has 0 unspecified atom stereocenters. The van der Waals surface area contributed by atoms with Crippen molar-refractivity contribution in [3.8, 4) is 16.9 Å². The van der Waals surface area contributed by atoms with Crippen LogP contribution in [0.5, 0.6) is 5.75 Å². The summed E-state index contributed by atoms with van der Waals surface area (Å²) in [6.45, 7) is 3.91. The van der Waals surface area contributed by atoms with Gasteiger partial charge in [0.1, 0.15) is 5.75 Å². The van der Waals surface area contributed by atoms with E-state index in [0.29, 0.717) is 6.54 Å². The molecule has 1 fully saturated rings. The van der Waals surface area contributed by atoms with Crippen LogP contribution in [0.2, 0.25) is 0 Å². The molecule has 1 aliphatic rings. The smallest absolute Gasteiger partial charge is 0.254 e. The molecule has 0 saturated carbocycles. The summed E-state index contributed by atoms with van der Waals surface area (Å²) >= 11 is 0. The van der Waals surface area contributed by atoms with Crippen LogP contribution >= 0.6 is 0 Å². The van der Waals surface area contributed by atoms with E-state index < -0.39 is 0 Å². The predicted molar refractivity (Wildman–Crippen MR) is 139 cm³/mol. The average Bonchev–Trinajstić information content (AvgIpc) is 3.30. The van der Waals surface area contributed by atoms with Gasteiger partial charge in [-0.1, -0.05) is 42.5 Å². The molecule has 1 aromatic heterocycles. The van der Waals surface area contributed by atoms with E-state index in [1.807, 2.05) is 58.2 Å². The number of anilines is 1. The van der Waals surface area contributed by atoms with Crippen molar-refractivity contribution < 1.29 is 9.53 Å². The Hall–Kier alpha value is -4.06. The Morgan fingerprint density at radius 3 is 2.43 bits per heavy atom. The van der Waals surface area contributed by atoms with Crippen molar-refractivity contribution in [2.45, 2.75) is 13.0 Å². The van der Waals surface area contributed by atoms with Crippen molar-refractivity contribution in [2.75, 3.05) is 38.2 Å². The summed E-state index contributed by atoms with van der Waals surface area (Å²) < 4.78 is 7.18. The summed E-state index contributed by atoms with van der Waals surface area (Å²) in [7, 11) is 1.68. The van der Waals surface area contributed by atoms with E-state index in [2.05, 4.69) is 46.4 Å². The Morgan fingerprint density at radius 2 is 1.69 bits per heavy atom. The van der Waals surface area contributed by atoms with Gasteiger partial charge in [0.2, 0.25) is 0 Å². The topological polar surface area (TPSA) is 50.6 Å². The molecule has 0 bridgehead atoms. The molecule has 0 radical (unpaired) electrons. The average molecular weight is 467 g/mol. The lowest BCUT2D eigenvalue weighted by atomic mass is 9.97. The highest BCUT2D eigenvalue weighted by Gasteiger charge is 2.22. The van der Waals surface area contributed by atoms with Crippen LogP contribution in [0, 0.1) is 0 Å². The van der Waals surface area contributed by atoms with Gasteiger partial charge in [0.05, 0.1) is 13.7 Å². The number of hydrogen-bond donors (Lipinski definition) is 0. The van der Waals surface area contributed by atoms with Crippen molar-refractivity contribution in [2.24, 2.45) is 0 Å². The Bertz CT molecular complexity index is 1250. The van der Waals surface area contributed by atoms with Crippen LogP contribution in [-0.4, -0.2) is 53.9 Å². The third-order valence-corrected chi connectivity index (χ3v) is 6.55. The quantitative estimate of drug-likeness (QED) is 0.403. The van der Waals surface area contributed by atoms with Gasteiger partial charge in [0.15, 0.2) is 0 Å². The Kier molecular flexibility index (Phi) is 6.80. The van der Waals surface area contributed by atoms with Gasteiger partial charge < -0.3 is 14.5 Å². The fraction of sp³-hybridized carbons (Fsp3) is 0.241. The summed E-state index contributed by atoms with van der Waals surface area (Å²) in [6, 6.07) is 26.4. The Labute approximate surface area is 206 Å². The molecule has 0 atom stereocenters. The fourth-order valence-electron chi connectivity index (χ4n) is 4.63. The number of hydrogen-bond acceptors (Lipinski definition) is 4. The minimum absolute atomic E-state index is 0.0952. The number of ether oxygens (including phenoxy) is 1. The van der Waals surface area contributed by atoms with E-state index in [0.717, 1.165) is 60.7 Å². The second kappa shape index (κ2) is 10.5. The molecule has 4 aromatic rings. The van der Waals surface area contributed by atoms with Gasteiger partial charge in [-0.05, 0) is 59.5 Å². The van der Waals surface area contributed by atoms with Crippen LogP contribution in [0.4, 0.5) is 5.69 Å². The number of benzene rings is 3. The number of aromatic nitrogens is 2. The molecule has 2 heterocycles. The van der Waals surface area contributed by atoms with Crippen molar-refractivity contribution in [3.63, 3.8) is 0 Å². The summed E-state index contributed by atoms with van der Waals surface area (Å²) in [5.74, 6) is 0.948. The highest BCUT2D eigenvalue weighted by Crippen LogP contribution is 2.27. The Morgan fingerprint density at radius 1 is 0.886 bits per heavy atom. The van der Waals surface area contributed by atoms with Gasteiger partial charge in [0.25, 0.3) is 5.91 Å². The third-order valence-electron chi connectivity index (χ3n) is 6.55. The minimum atomic E-state index is 0.0952. The molecule has 1 aliphatic heterocycles. The van der Waals surface area contributed by atoms with Gasteiger partial charge in [-0.2, -0.15) is 5.10 Å². The maximum atomic E-state index is 13.6. The first-order valence-corrected chi connectivity index (χ1v) is 12.1. The maximum absolute atomic E-state index is 13.6. The second-order valence-electron chi connectivity index (χ2n) is 8.78. The molecule has 0 aliphatic carbocycles. The van der Waals surface area contributed by atoms with Gasteiger partial charge in [-0.3, -0.25) is 9.48 Å². The predicted octanol–water partition coefficient (Wildman–Crippen LogP) is 4.96. The summed E-state index contributed by atoms with van der Waals surface area (Å²) in [6.07, 6.45) is 4.68. The van der Waals surface area contributed by atoms with Gasteiger partial charge in [-0.15, -0.1) is 0 Å². The third kappa shape index (κ3) is 5.22. The number of nitrogens with zero attached hydrogens (tertiary/aromatic N) is 4. The molecule has 6 heteroatoms. The molecule has 5 rings (SSSR count). The van der Waals surface area contributed by atoms with E-state index in [-0.39, 0.29) is 5.91 Å². The van der Waals surface area contributed by atoms with Crippen molar-refractivity contribution >= 4 is 11.6 Å². The van der Waals surface area contributed by atoms with Crippen LogP contribution < -0.4 is 9.64 Å². The molecular formula is C29H30N4O2. The summed E-state index contributed by atoms with van der Waals surface area (Å²) in [5, 5.41) is 4.28. The molecule has 1 saturated heterocycles. The fourth-order valence-corrected chi connectivity index (χ4v) is 4.63. The summed E-state index contributed by atoms with van der Waals surface area (Å²) in [4.78, 5) is 18.0. The molecule has 1 amide bonds. The van der Waals surface area contributed by atoms with Gasteiger partial charge in [0, 0.05) is 49.8 Å². The van der Waals surface area contributed by atoms with Crippen molar-refractivity contribution in [3.05, 3.63) is 102 Å². The van der Waals surface area contributed by atoms with E-state index in [9.17, 15) is 4.79 Å². The molecular weight excluding hydrogens is 436 g/mol. The first-order chi connectivity index (χ1) is 17.2. The first kappa shape index (κ1) is 22.7. The van der Waals surface area contributed by atoms with Gasteiger partial charge >= 0.3 is 0 Å². The number of methoxy groups -OCH3 is 1. The zero-order valence-corrected chi connectivity index (χ0v) is 20.0. The minimum Gasteiger partial charge on any atom is -0.497 e. The summed E-state index contributed by atoms with van der Waals surface area (Å²) in [5.41, 5.74) is 5.11. The van der Waals surface area contributed by atoms with Crippen LogP contribution in [-0.2, 0) is 6.54 Å². The van der Waals surface area contributed by atoms with Crippen LogP contribution in [0.3, 0.4) is 0 Å². The molecule has 6 nitrogen and oxygen atoms in total. The van der Waals surface area contributed by atoms with Gasteiger partial charge in [-0.25, -0.2) is 0 Å². The Balaban J connectivity index is 1.30. The highest BCUT2D eigenvalue weighted by atomic mass is 16.5. The molecule has 3 aromatic carbocycles. The lowest BCUT2D eigenvalue weighted by molar-refractivity contribution is 0.0768. The lowest BCUT2D eigenvalue weighted by Gasteiger charge is -2.24. The van der Waals surface area contributed by atoms with E-state index >= 15 is 0 Å². The number of amides is 1. The van der Waals surface area contributed by atoms with Crippen LogP contribution in [0.15, 0.2) is 91.3 Å². The van der Waals surface area contributed by atoms with Crippen molar-refractivity contribution in [1.29, 1.82) is 0 Å². The van der Waals surface area contributed by atoms with Crippen LogP contribution in [0.25, 0.3) is 11.1 Å². The monoisotopic (exact) mass is 466 g/mol. The van der Waals surface area contributed by atoms with E-state index in [4.69, 9.17) is 4.74 Å². The molecule has 0 N–H and O–H groups in total. The first-order valence-electron chi connectivity index (χ1n) is 12.1. The lowest BCUT2D eigenvalue weighted by Crippen LogP contribution is -2.35. The number of rotatable bonds is 6. The zero-order chi connectivity index (χ0) is 24.0. The maximum Gasteiger partial charge on any atom is 0.254 e. The largest absolute Gasteiger partial charge is 0.497 e. The van der Waals surface area contributed by atoms with Crippen LogP contribution in [0.1, 0.15) is 22.3 Å². The number of carbonyl (C=O) groups excluding carboxylic acids is 1. The molecule has 35 heavy (non-hydrogen) atoms.